The molecular formula is C15H21N3O2. The molecule has 1 heterocycles. The Balaban J connectivity index is 1.57. The Hall–Kier alpha value is -1.69. The van der Waals surface area contributed by atoms with E-state index >= 15 is 0 Å². The molecule has 0 saturated heterocycles. The maximum atomic E-state index is 9.80. The Morgan fingerprint density at radius 3 is 2.80 bits per heavy atom. The van der Waals surface area contributed by atoms with E-state index in [4.69, 9.17) is 4.74 Å². The van der Waals surface area contributed by atoms with Gasteiger partial charge in [-0.2, -0.15) is 5.10 Å². The number of ether oxygens (including phenoxy) is 1. The van der Waals surface area contributed by atoms with Gasteiger partial charge in [-0.3, -0.25) is 4.68 Å². The number of rotatable bonds is 8. The lowest BCUT2D eigenvalue weighted by molar-refractivity contribution is 0.0287. The number of aromatic nitrogens is 2. The molecular weight excluding hydrogens is 254 g/mol. The van der Waals surface area contributed by atoms with Crippen molar-refractivity contribution >= 4 is 0 Å². The van der Waals surface area contributed by atoms with Crippen LogP contribution in [0.2, 0.25) is 0 Å². The molecule has 1 atom stereocenters. The molecule has 2 rings (SSSR count). The molecule has 2 N–H and O–H groups in total. The second-order valence-corrected chi connectivity index (χ2v) is 4.81. The van der Waals surface area contributed by atoms with Gasteiger partial charge in [-0.05, 0) is 5.56 Å². The Kier molecular flexibility index (Phi) is 5.73. The molecule has 20 heavy (non-hydrogen) atoms. The van der Waals surface area contributed by atoms with Crippen molar-refractivity contribution < 1.29 is 9.84 Å². The van der Waals surface area contributed by atoms with Crippen LogP contribution in [0, 0.1) is 0 Å². The van der Waals surface area contributed by atoms with Crippen molar-refractivity contribution in [1.29, 1.82) is 0 Å². The zero-order chi connectivity index (χ0) is 14.2. The Morgan fingerprint density at radius 1 is 1.30 bits per heavy atom. The molecule has 0 radical (unpaired) electrons. The van der Waals surface area contributed by atoms with E-state index < -0.39 is 6.10 Å². The van der Waals surface area contributed by atoms with E-state index in [0.29, 0.717) is 26.3 Å². The second kappa shape index (κ2) is 7.79. The van der Waals surface area contributed by atoms with Crippen LogP contribution in [-0.2, 0) is 24.9 Å². The Morgan fingerprint density at radius 2 is 2.10 bits per heavy atom. The van der Waals surface area contributed by atoms with Gasteiger partial charge in [0.1, 0.15) is 0 Å². The third kappa shape index (κ3) is 5.13. The Labute approximate surface area is 119 Å². The van der Waals surface area contributed by atoms with E-state index in [1.54, 1.807) is 4.68 Å². The van der Waals surface area contributed by atoms with E-state index in [1.165, 1.54) is 0 Å². The molecule has 2 aromatic rings. The van der Waals surface area contributed by atoms with E-state index in [2.05, 4.69) is 10.4 Å². The summed E-state index contributed by atoms with van der Waals surface area (Å²) in [6, 6.07) is 9.94. The lowest BCUT2D eigenvalue weighted by Gasteiger charge is -2.12. The Bertz CT molecular complexity index is 499. The van der Waals surface area contributed by atoms with Gasteiger partial charge in [-0.1, -0.05) is 30.3 Å². The zero-order valence-electron chi connectivity index (χ0n) is 11.7. The molecule has 0 bridgehead atoms. The maximum absolute atomic E-state index is 9.80. The zero-order valence-corrected chi connectivity index (χ0v) is 11.7. The molecule has 0 aliphatic rings. The van der Waals surface area contributed by atoms with Gasteiger partial charge in [0.15, 0.2) is 0 Å². The number of aliphatic hydroxyl groups is 1. The summed E-state index contributed by atoms with van der Waals surface area (Å²) in [6.07, 6.45) is 3.26. The summed E-state index contributed by atoms with van der Waals surface area (Å²) in [5, 5.41) is 17.1. The first kappa shape index (κ1) is 14.7. The van der Waals surface area contributed by atoms with Crippen molar-refractivity contribution in [2.24, 2.45) is 7.05 Å². The predicted octanol–water partition coefficient (Wildman–Crippen LogP) is 1.09. The van der Waals surface area contributed by atoms with Gasteiger partial charge in [-0.25, -0.2) is 0 Å². The third-order valence-corrected chi connectivity index (χ3v) is 2.89. The van der Waals surface area contributed by atoms with Crippen LogP contribution >= 0.6 is 0 Å². The lowest BCUT2D eigenvalue weighted by Crippen LogP contribution is -2.30. The number of hydrogen-bond acceptors (Lipinski definition) is 4. The summed E-state index contributed by atoms with van der Waals surface area (Å²) < 4.78 is 7.24. The largest absolute Gasteiger partial charge is 0.389 e. The van der Waals surface area contributed by atoms with E-state index in [0.717, 1.165) is 11.1 Å². The first-order valence-electron chi connectivity index (χ1n) is 6.72. The fraction of sp³-hybridized carbons (Fsp3) is 0.400. The van der Waals surface area contributed by atoms with E-state index in [1.807, 2.05) is 49.8 Å². The first-order chi connectivity index (χ1) is 9.74. The topological polar surface area (TPSA) is 59.3 Å². The van der Waals surface area contributed by atoms with Crippen molar-refractivity contribution in [3.63, 3.8) is 0 Å². The number of aliphatic hydroxyl groups excluding tert-OH is 1. The fourth-order valence-corrected chi connectivity index (χ4v) is 1.89. The highest BCUT2D eigenvalue weighted by molar-refractivity contribution is 5.13. The fourth-order valence-electron chi connectivity index (χ4n) is 1.89. The summed E-state index contributed by atoms with van der Waals surface area (Å²) in [5.74, 6) is 0. The van der Waals surface area contributed by atoms with Crippen LogP contribution in [0.3, 0.4) is 0 Å². The van der Waals surface area contributed by atoms with Crippen LogP contribution in [0.15, 0.2) is 42.7 Å². The SMILES string of the molecule is Cn1cc(CNCC(O)COCc2ccccc2)cn1. The van der Waals surface area contributed by atoms with Gasteiger partial charge in [0, 0.05) is 31.9 Å². The van der Waals surface area contributed by atoms with E-state index in [9.17, 15) is 5.11 Å². The van der Waals surface area contributed by atoms with Crippen molar-refractivity contribution in [3.8, 4) is 0 Å². The van der Waals surface area contributed by atoms with Gasteiger partial charge >= 0.3 is 0 Å². The van der Waals surface area contributed by atoms with Crippen LogP contribution in [0.5, 0.6) is 0 Å². The van der Waals surface area contributed by atoms with Crippen LogP contribution < -0.4 is 5.32 Å². The molecule has 0 amide bonds. The average molecular weight is 275 g/mol. The quantitative estimate of drug-likeness (QED) is 0.757. The molecule has 1 unspecified atom stereocenters. The maximum Gasteiger partial charge on any atom is 0.0897 e. The van der Waals surface area contributed by atoms with Gasteiger partial charge in [0.2, 0.25) is 0 Å². The summed E-state index contributed by atoms with van der Waals surface area (Å²) in [4.78, 5) is 0. The molecule has 0 fully saturated rings. The number of hydrogen-bond donors (Lipinski definition) is 2. The van der Waals surface area contributed by atoms with Crippen molar-refractivity contribution in [2.75, 3.05) is 13.2 Å². The predicted molar refractivity (Wildman–Crippen MR) is 77.0 cm³/mol. The summed E-state index contributed by atoms with van der Waals surface area (Å²) in [7, 11) is 1.88. The first-order valence-corrected chi connectivity index (χ1v) is 6.72. The number of nitrogens with zero attached hydrogens (tertiary/aromatic N) is 2. The smallest absolute Gasteiger partial charge is 0.0897 e. The molecule has 0 saturated carbocycles. The monoisotopic (exact) mass is 275 g/mol. The minimum absolute atomic E-state index is 0.328. The highest BCUT2D eigenvalue weighted by atomic mass is 16.5. The number of aryl methyl sites for hydroxylation is 1. The molecule has 1 aromatic carbocycles. The highest BCUT2D eigenvalue weighted by Gasteiger charge is 2.04. The molecule has 108 valence electrons. The standard InChI is InChI=1S/C15H21N3O2/c1-18-10-14(8-17-18)7-16-9-15(19)12-20-11-13-5-3-2-4-6-13/h2-6,8,10,15-16,19H,7,9,11-12H2,1H3. The van der Waals surface area contributed by atoms with Crippen LogP contribution in [-0.4, -0.2) is 34.1 Å². The highest BCUT2D eigenvalue weighted by Crippen LogP contribution is 2.01. The molecule has 0 aliphatic carbocycles. The molecule has 5 nitrogen and oxygen atoms in total. The molecule has 0 spiro atoms. The summed E-state index contributed by atoms with van der Waals surface area (Å²) in [5.41, 5.74) is 2.22. The van der Waals surface area contributed by atoms with E-state index in [-0.39, 0.29) is 0 Å². The van der Waals surface area contributed by atoms with Gasteiger partial charge < -0.3 is 15.2 Å². The van der Waals surface area contributed by atoms with Crippen LogP contribution in [0.4, 0.5) is 0 Å². The lowest BCUT2D eigenvalue weighted by atomic mass is 10.2. The minimum atomic E-state index is -0.504. The van der Waals surface area contributed by atoms with Gasteiger partial charge in [0.25, 0.3) is 0 Å². The molecule has 1 aromatic heterocycles. The van der Waals surface area contributed by atoms with Gasteiger partial charge in [0.05, 0.1) is 25.5 Å². The normalized spacial score (nSPS) is 12.5. The van der Waals surface area contributed by atoms with Crippen LogP contribution in [0.25, 0.3) is 0 Å². The number of nitrogens with one attached hydrogen (secondary N) is 1. The van der Waals surface area contributed by atoms with Crippen molar-refractivity contribution in [2.45, 2.75) is 19.3 Å². The van der Waals surface area contributed by atoms with Crippen molar-refractivity contribution in [3.05, 3.63) is 53.9 Å². The third-order valence-electron chi connectivity index (χ3n) is 2.89. The second-order valence-electron chi connectivity index (χ2n) is 4.81. The van der Waals surface area contributed by atoms with Crippen molar-refractivity contribution in [1.82, 2.24) is 15.1 Å². The summed E-state index contributed by atoms with van der Waals surface area (Å²) in [6.45, 7) is 2.06. The number of benzene rings is 1. The molecule has 5 heteroatoms. The van der Waals surface area contributed by atoms with Crippen LogP contribution in [0.1, 0.15) is 11.1 Å². The minimum Gasteiger partial charge on any atom is -0.389 e. The molecule has 0 aliphatic heterocycles. The average Bonchev–Trinajstić information content (AvgIpc) is 2.86. The summed E-state index contributed by atoms with van der Waals surface area (Å²) >= 11 is 0. The van der Waals surface area contributed by atoms with Gasteiger partial charge in [-0.15, -0.1) is 0 Å².